The Kier molecular flexibility index (Phi) is 7.73. The van der Waals surface area contributed by atoms with E-state index in [1.165, 1.54) is 19.2 Å². The van der Waals surface area contributed by atoms with Crippen LogP contribution < -0.4 is 0 Å². The maximum absolute atomic E-state index is 13.4. The van der Waals surface area contributed by atoms with Gasteiger partial charge in [0.15, 0.2) is 0 Å². The predicted molar refractivity (Wildman–Crippen MR) is 121 cm³/mol. The highest BCUT2D eigenvalue weighted by Crippen LogP contribution is 2.30. The van der Waals surface area contributed by atoms with Gasteiger partial charge in [0.2, 0.25) is 0 Å². The van der Waals surface area contributed by atoms with E-state index in [4.69, 9.17) is 9.47 Å². The summed E-state index contributed by atoms with van der Waals surface area (Å²) in [6.07, 6.45) is 3.31. The van der Waals surface area contributed by atoms with Crippen molar-refractivity contribution in [3.8, 4) is 0 Å². The number of hydrogen-bond donors (Lipinski definition) is 0. The van der Waals surface area contributed by atoms with Gasteiger partial charge in [0.25, 0.3) is 0 Å². The third-order valence-corrected chi connectivity index (χ3v) is 5.80. The van der Waals surface area contributed by atoms with Crippen molar-refractivity contribution in [1.29, 1.82) is 0 Å². The number of esters is 1. The van der Waals surface area contributed by atoms with Gasteiger partial charge in [-0.2, -0.15) is 0 Å². The molecule has 2 atom stereocenters. The largest absolute Gasteiger partial charge is 0.469 e. The van der Waals surface area contributed by atoms with Crippen molar-refractivity contribution in [1.82, 2.24) is 19.4 Å². The molecule has 180 valence electrons. The molecule has 2 heterocycles. The number of aromatic nitrogens is 2. The van der Waals surface area contributed by atoms with Gasteiger partial charge in [-0.15, -0.1) is 0 Å². The molecule has 1 amide bonds. The predicted octanol–water partition coefficient (Wildman–Crippen LogP) is 3.79. The van der Waals surface area contributed by atoms with Crippen LogP contribution in [0.2, 0.25) is 0 Å². The van der Waals surface area contributed by atoms with Crippen molar-refractivity contribution in [2.45, 2.75) is 51.8 Å². The molecule has 0 spiro atoms. The highest BCUT2D eigenvalue weighted by atomic mass is 19.1. The van der Waals surface area contributed by atoms with E-state index in [0.717, 1.165) is 11.3 Å². The summed E-state index contributed by atoms with van der Waals surface area (Å²) in [6, 6.07) is 5.99. The molecule has 1 saturated heterocycles. The fourth-order valence-electron chi connectivity index (χ4n) is 4.00. The number of piperazine rings is 1. The Hall–Kier alpha value is -2.94. The lowest BCUT2D eigenvalue weighted by Gasteiger charge is -2.39. The topological polar surface area (TPSA) is 76.9 Å². The maximum Gasteiger partial charge on any atom is 0.410 e. The second-order valence-corrected chi connectivity index (χ2v) is 9.25. The van der Waals surface area contributed by atoms with Crippen LogP contribution in [0.25, 0.3) is 0 Å². The third-order valence-electron chi connectivity index (χ3n) is 5.80. The summed E-state index contributed by atoms with van der Waals surface area (Å²) >= 11 is 0. The quantitative estimate of drug-likeness (QED) is 0.611. The molecule has 3 rings (SSSR count). The number of halogens is 1. The molecular formula is C24H33FN4O4. The molecule has 0 bridgehead atoms. The molecule has 2 unspecified atom stereocenters. The number of benzene rings is 1. The number of rotatable bonds is 6. The average molecular weight is 461 g/mol. The van der Waals surface area contributed by atoms with Crippen molar-refractivity contribution in [3.63, 3.8) is 0 Å². The van der Waals surface area contributed by atoms with Gasteiger partial charge in [0, 0.05) is 32.4 Å². The zero-order valence-electron chi connectivity index (χ0n) is 20.0. The number of imidazole rings is 1. The molecule has 2 aromatic rings. The fraction of sp³-hybridized carbons (Fsp3) is 0.542. The molecule has 1 aromatic heterocycles. The van der Waals surface area contributed by atoms with Crippen LogP contribution in [0.3, 0.4) is 0 Å². The van der Waals surface area contributed by atoms with Gasteiger partial charge in [-0.3, -0.25) is 9.69 Å². The molecule has 0 saturated carbocycles. The monoisotopic (exact) mass is 460 g/mol. The van der Waals surface area contributed by atoms with E-state index in [9.17, 15) is 14.0 Å². The Balaban J connectivity index is 1.79. The van der Waals surface area contributed by atoms with Crippen LogP contribution in [-0.2, 0) is 14.3 Å². The molecule has 1 aromatic carbocycles. The number of hydrogen-bond acceptors (Lipinski definition) is 6. The van der Waals surface area contributed by atoms with Crippen molar-refractivity contribution < 1.29 is 23.5 Å². The number of nitrogens with zero attached hydrogens (tertiary/aromatic N) is 4. The lowest BCUT2D eigenvalue weighted by Crippen LogP contribution is -2.51. The summed E-state index contributed by atoms with van der Waals surface area (Å²) in [5.41, 5.74) is 1.25. The molecule has 0 aliphatic carbocycles. The Morgan fingerprint density at radius 3 is 2.33 bits per heavy atom. The SMILES string of the molecule is COC(=O)CC(c1cncn1C(C)c1ccc(F)cc1)N1CCN(C(=O)OC(C)(C)C)CC1. The highest BCUT2D eigenvalue weighted by molar-refractivity contribution is 5.70. The van der Waals surface area contributed by atoms with E-state index < -0.39 is 5.60 Å². The lowest BCUT2D eigenvalue weighted by atomic mass is 10.0. The molecule has 1 aliphatic rings. The smallest absolute Gasteiger partial charge is 0.410 e. The molecule has 0 radical (unpaired) electrons. The minimum atomic E-state index is -0.551. The highest BCUT2D eigenvalue weighted by Gasteiger charge is 2.33. The summed E-state index contributed by atoms with van der Waals surface area (Å²) < 4.78 is 25.8. The normalized spacial score (nSPS) is 16.8. The van der Waals surface area contributed by atoms with Crippen LogP contribution in [0.5, 0.6) is 0 Å². The van der Waals surface area contributed by atoms with Gasteiger partial charge < -0.3 is 18.9 Å². The zero-order chi connectivity index (χ0) is 24.2. The Morgan fingerprint density at radius 1 is 1.12 bits per heavy atom. The second-order valence-electron chi connectivity index (χ2n) is 9.25. The van der Waals surface area contributed by atoms with Gasteiger partial charge >= 0.3 is 12.1 Å². The number of carbonyl (C=O) groups is 2. The van der Waals surface area contributed by atoms with Crippen molar-refractivity contribution in [3.05, 3.63) is 53.9 Å². The van der Waals surface area contributed by atoms with E-state index in [2.05, 4.69) is 9.88 Å². The third kappa shape index (κ3) is 6.31. The summed E-state index contributed by atoms with van der Waals surface area (Å²) in [5.74, 6) is -0.611. The average Bonchev–Trinajstić information content (AvgIpc) is 3.26. The minimum absolute atomic E-state index is 0.105. The van der Waals surface area contributed by atoms with Gasteiger partial charge in [-0.25, -0.2) is 14.2 Å². The molecule has 0 N–H and O–H groups in total. The Labute approximate surface area is 194 Å². The molecule has 9 heteroatoms. The zero-order valence-corrected chi connectivity index (χ0v) is 20.0. The number of ether oxygens (including phenoxy) is 2. The molecule has 8 nitrogen and oxygen atoms in total. The first-order chi connectivity index (χ1) is 15.6. The van der Waals surface area contributed by atoms with Crippen LogP contribution in [0, 0.1) is 5.82 Å². The molecule has 1 fully saturated rings. The number of amides is 1. The van der Waals surface area contributed by atoms with E-state index >= 15 is 0 Å². The van der Waals surface area contributed by atoms with Crippen molar-refractivity contribution in [2.24, 2.45) is 0 Å². The lowest BCUT2D eigenvalue weighted by molar-refractivity contribution is -0.142. The second kappa shape index (κ2) is 10.3. The summed E-state index contributed by atoms with van der Waals surface area (Å²) in [5, 5.41) is 0. The Bertz CT molecular complexity index is 946. The van der Waals surface area contributed by atoms with Crippen LogP contribution in [0.1, 0.15) is 57.5 Å². The molecule has 33 heavy (non-hydrogen) atoms. The van der Waals surface area contributed by atoms with Gasteiger partial charge in [-0.1, -0.05) is 12.1 Å². The molecule has 1 aliphatic heterocycles. The summed E-state index contributed by atoms with van der Waals surface area (Å²) in [6.45, 7) is 9.69. The first-order valence-electron chi connectivity index (χ1n) is 11.1. The van der Waals surface area contributed by atoms with Gasteiger partial charge in [0.05, 0.1) is 37.6 Å². The fourth-order valence-corrected chi connectivity index (χ4v) is 4.00. The van der Waals surface area contributed by atoms with Crippen LogP contribution in [-0.4, -0.2) is 70.3 Å². The Morgan fingerprint density at radius 2 is 1.76 bits per heavy atom. The summed E-state index contributed by atoms with van der Waals surface area (Å²) in [7, 11) is 1.37. The standard InChI is InChI=1S/C24H33FN4O4/c1-17(18-6-8-19(25)9-7-18)29-16-26-15-21(29)20(14-22(30)32-5)27-10-12-28(13-11-27)23(31)33-24(2,3)4/h6-9,15-17,20H,10-14H2,1-5H3. The van der Waals surface area contributed by atoms with Crippen LogP contribution >= 0.6 is 0 Å². The van der Waals surface area contributed by atoms with E-state index in [0.29, 0.717) is 26.2 Å². The van der Waals surface area contributed by atoms with E-state index in [1.54, 1.807) is 29.6 Å². The van der Waals surface area contributed by atoms with Gasteiger partial charge in [-0.05, 0) is 45.4 Å². The number of carbonyl (C=O) groups excluding carboxylic acids is 2. The van der Waals surface area contributed by atoms with Crippen LogP contribution in [0.4, 0.5) is 9.18 Å². The minimum Gasteiger partial charge on any atom is -0.469 e. The van der Waals surface area contributed by atoms with Crippen LogP contribution in [0.15, 0.2) is 36.8 Å². The summed E-state index contributed by atoms with van der Waals surface area (Å²) in [4.78, 5) is 32.9. The van der Waals surface area contributed by atoms with E-state index in [1.807, 2.05) is 32.3 Å². The maximum atomic E-state index is 13.4. The van der Waals surface area contributed by atoms with Crippen molar-refractivity contribution >= 4 is 12.1 Å². The number of methoxy groups -OCH3 is 1. The molecular weight excluding hydrogens is 427 g/mol. The van der Waals surface area contributed by atoms with E-state index in [-0.39, 0.29) is 36.4 Å². The van der Waals surface area contributed by atoms with Crippen molar-refractivity contribution in [2.75, 3.05) is 33.3 Å². The van der Waals surface area contributed by atoms with Gasteiger partial charge in [0.1, 0.15) is 11.4 Å². The first kappa shape index (κ1) is 24.7. The first-order valence-corrected chi connectivity index (χ1v) is 11.1.